The highest BCUT2D eigenvalue weighted by Gasteiger charge is 2.43. The quantitative estimate of drug-likeness (QED) is 0.864. The summed E-state index contributed by atoms with van der Waals surface area (Å²) < 4.78 is 14.6. The molecule has 0 unspecified atom stereocenters. The molecule has 2 amide bonds. The number of carbonyl (C=O) groups is 2. The molecular weight excluding hydrogens is 355 g/mol. The molecule has 1 aromatic carbocycles. The van der Waals surface area contributed by atoms with Crippen LogP contribution in [0.1, 0.15) is 27.2 Å². The van der Waals surface area contributed by atoms with Crippen LogP contribution in [-0.2, 0) is 4.79 Å². The first kappa shape index (κ1) is 16.7. The van der Waals surface area contributed by atoms with E-state index in [9.17, 15) is 19.1 Å². The summed E-state index contributed by atoms with van der Waals surface area (Å²) >= 11 is 3.17. The van der Waals surface area contributed by atoms with Crippen molar-refractivity contribution >= 4 is 33.6 Å². The number of halogens is 2. The minimum absolute atomic E-state index is 0.176. The van der Waals surface area contributed by atoms with E-state index in [2.05, 4.69) is 15.9 Å². The maximum atomic E-state index is 14.0. The molecule has 1 aliphatic heterocycles. The SMILES string of the molecule is CC(C)(C)N(C(=O)O)[C@H]1CCN(c2ccc(Br)cc2F)C1=O. The number of hydrogen-bond acceptors (Lipinski definition) is 2. The molecule has 120 valence electrons. The highest BCUT2D eigenvalue weighted by atomic mass is 79.9. The monoisotopic (exact) mass is 372 g/mol. The van der Waals surface area contributed by atoms with Gasteiger partial charge in [0.05, 0.1) is 5.69 Å². The number of carboxylic acid groups (broad SMARTS) is 1. The molecule has 0 aliphatic carbocycles. The summed E-state index contributed by atoms with van der Waals surface area (Å²) in [7, 11) is 0. The number of carbonyl (C=O) groups excluding carboxylic acids is 1. The van der Waals surface area contributed by atoms with E-state index >= 15 is 0 Å². The molecule has 1 fully saturated rings. The molecule has 1 heterocycles. The molecule has 1 atom stereocenters. The van der Waals surface area contributed by atoms with Crippen molar-refractivity contribution in [3.05, 3.63) is 28.5 Å². The number of rotatable bonds is 2. The van der Waals surface area contributed by atoms with Crippen LogP contribution >= 0.6 is 15.9 Å². The Bertz CT molecular complexity index is 615. The third-order valence-corrected chi connectivity index (χ3v) is 4.11. The molecule has 7 heteroatoms. The van der Waals surface area contributed by atoms with Gasteiger partial charge in [-0.25, -0.2) is 9.18 Å². The van der Waals surface area contributed by atoms with Crippen molar-refractivity contribution in [2.45, 2.75) is 38.8 Å². The van der Waals surface area contributed by atoms with Crippen molar-refractivity contribution in [2.75, 3.05) is 11.4 Å². The van der Waals surface area contributed by atoms with E-state index in [-0.39, 0.29) is 5.69 Å². The normalized spacial score (nSPS) is 18.7. The Balaban J connectivity index is 2.31. The van der Waals surface area contributed by atoms with Crippen molar-refractivity contribution in [2.24, 2.45) is 0 Å². The Hall–Kier alpha value is -1.63. The third-order valence-electron chi connectivity index (χ3n) is 3.62. The fraction of sp³-hybridized carbons (Fsp3) is 0.467. The Kier molecular flexibility index (Phi) is 4.47. The van der Waals surface area contributed by atoms with E-state index in [1.165, 1.54) is 17.0 Å². The predicted octanol–water partition coefficient (Wildman–Crippen LogP) is 3.47. The zero-order valence-electron chi connectivity index (χ0n) is 12.6. The number of anilines is 1. The molecule has 0 aromatic heterocycles. The van der Waals surface area contributed by atoms with Gasteiger partial charge >= 0.3 is 6.09 Å². The average Bonchev–Trinajstić information content (AvgIpc) is 2.70. The summed E-state index contributed by atoms with van der Waals surface area (Å²) in [6.07, 6.45) is -0.804. The maximum absolute atomic E-state index is 14.0. The van der Waals surface area contributed by atoms with Crippen LogP contribution in [0.4, 0.5) is 14.9 Å². The van der Waals surface area contributed by atoms with Gasteiger partial charge in [0.1, 0.15) is 11.9 Å². The molecule has 0 saturated carbocycles. The van der Waals surface area contributed by atoms with Crippen LogP contribution in [0, 0.1) is 5.82 Å². The molecule has 1 aromatic rings. The largest absolute Gasteiger partial charge is 0.465 e. The van der Waals surface area contributed by atoms with Gasteiger partial charge in [0.25, 0.3) is 0 Å². The number of nitrogens with zero attached hydrogens (tertiary/aromatic N) is 2. The van der Waals surface area contributed by atoms with Crippen molar-refractivity contribution < 1.29 is 19.1 Å². The number of hydrogen-bond donors (Lipinski definition) is 1. The van der Waals surface area contributed by atoms with E-state index in [1.54, 1.807) is 26.8 Å². The summed E-state index contributed by atoms with van der Waals surface area (Å²) in [6, 6.07) is 3.66. The van der Waals surface area contributed by atoms with Crippen molar-refractivity contribution in [1.82, 2.24) is 4.90 Å². The van der Waals surface area contributed by atoms with Crippen molar-refractivity contribution in [1.29, 1.82) is 0 Å². The lowest BCUT2D eigenvalue weighted by Gasteiger charge is -2.36. The van der Waals surface area contributed by atoms with Gasteiger partial charge in [-0.1, -0.05) is 15.9 Å². The van der Waals surface area contributed by atoms with Crippen LogP contribution in [0.5, 0.6) is 0 Å². The van der Waals surface area contributed by atoms with Gasteiger partial charge in [0.2, 0.25) is 5.91 Å². The first-order valence-electron chi connectivity index (χ1n) is 6.91. The zero-order valence-corrected chi connectivity index (χ0v) is 14.2. The van der Waals surface area contributed by atoms with Crippen LogP contribution in [0.2, 0.25) is 0 Å². The molecule has 0 spiro atoms. The molecule has 2 rings (SSSR count). The summed E-state index contributed by atoms with van der Waals surface area (Å²) in [6.45, 7) is 5.49. The van der Waals surface area contributed by atoms with E-state index < -0.39 is 29.4 Å². The van der Waals surface area contributed by atoms with Crippen molar-refractivity contribution in [3.8, 4) is 0 Å². The fourth-order valence-corrected chi connectivity index (χ4v) is 3.06. The average molecular weight is 373 g/mol. The highest BCUT2D eigenvalue weighted by molar-refractivity contribution is 9.10. The maximum Gasteiger partial charge on any atom is 0.408 e. The smallest absolute Gasteiger partial charge is 0.408 e. The molecular formula is C15H18BrFN2O3. The zero-order chi connectivity index (χ0) is 16.7. The van der Waals surface area contributed by atoms with E-state index in [0.29, 0.717) is 17.4 Å². The molecule has 1 saturated heterocycles. The van der Waals surface area contributed by atoms with E-state index in [4.69, 9.17) is 0 Å². The van der Waals surface area contributed by atoms with Crippen molar-refractivity contribution in [3.63, 3.8) is 0 Å². The molecule has 5 nitrogen and oxygen atoms in total. The summed E-state index contributed by atoms with van der Waals surface area (Å²) in [5, 5.41) is 9.41. The minimum atomic E-state index is -1.15. The van der Waals surface area contributed by atoms with Gasteiger partial charge in [0, 0.05) is 16.6 Å². The second-order valence-corrected chi connectivity index (χ2v) is 7.13. The molecule has 1 N–H and O–H groups in total. The van der Waals surface area contributed by atoms with Gasteiger partial charge in [0.15, 0.2) is 0 Å². The van der Waals surface area contributed by atoms with Crippen LogP contribution in [-0.4, -0.2) is 40.1 Å². The lowest BCUT2D eigenvalue weighted by Crippen LogP contribution is -2.54. The summed E-state index contributed by atoms with van der Waals surface area (Å²) in [5.74, 6) is -0.903. The van der Waals surface area contributed by atoms with Gasteiger partial charge in [-0.05, 0) is 45.4 Å². The second-order valence-electron chi connectivity index (χ2n) is 6.21. The third kappa shape index (κ3) is 3.09. The van der Waals surface area contributed by atoms with Crippen LogP contribution in [0.3, 0.4) is 0 Å². The molecule has 0 radical (unpaired) electrons. The Labute approximate surface area is 136 Å². The molecule has 22 heavy (non-hydrogen) atoms. The highest BCUT2D eigenvalue weighted by Crippen LogP contribution is 2.31. The first-order chi connectivity index (χ1) is 10.1. The topological polar surface area (TPSA) is 60.9 Å². The van der Waals surface area contributed by atoms with E-state index in [0.717, 1.165) is 4.90 Å². The lowest BCUT2D eigenvalue weighted by atomic mass is 10.0. The fourth-order valence-electron chi connectivity index (χ4n) is 2.73. The predicted molar refractivity (Wildman–Crippen MR) is 84.5 cm³/mol. The van der Waals surface area contributed by atoms with Gasteiger partial charge in [-0.3, -0.25) is 9.69 Å². The number of amides is 2. The standard InChI is InChI=1S/C15H18BrFN2O3/c1-15(2,3)19(14(21)22)12-6-7-18(13(12)20)11-5-4-9(16)8-10(11)17/h4-5,8,12H,6-7H2,1-3H3,(H,21,22)/t12-/m0/s1. The lowest BCUT2D eigenvalue weighted by molar-refractivity contribution is -0.122. The number of benzene rings is 1. The second kappa shape index (κ2) is 5.87. The molecule has 1 aliphatic rings. The first-order valence-corrected chi connectivity index (χ1v) is 7.71. The molecule has 0 bridgehead atoms. The summed E-state index contributed by atoms with van der Waals surface area (Å²) in [5.41, 5.74) is -0.532. The van der Waals surface area contributed by atoms with Gasteiger partial charge < -0.3 is 10.0 Å². The minimum Gasteiger partial charge on any atom is -0.465 e. The van der Waals surface area contributed by atoms with Gasteiger partial charge in [-0.2, -0.15) is 0 Å². The summed E-state index contributed by atoms with van der Waals surface area (Å²) in [4.78, 5) is 26.5. The Morgan fingerprint density at radius 1 is 1.45 bits per heavy atom. The van der Waals surface area contributed by atoms with Gasteiger partial charge in [-0.15, -0.1) is 0 Å². The van der Waals surface area contributed by atoms with Crippen LogP contribution < -0.4 is 4.90 Å². The van der Waals surface area contributed by atoms with E-state index in [1.807, 2.05) is 0 Å². The Morgan fingerprint density at radius 2 is 2.09 bits per heavy atom. The van der Waals surface area contributed by atoms with Crippen LogP contribution in [0.25, 0.3) is 0 Å². The van der Waals surface area contributed by atoms with Crippen LogP contribution in [0.15, 0.2) is 22.7 Å². The Morgan fingerprint density at radius 3 is 2.59 bits per heavy atom.